The zero-order chi connectivity index (χ0) is 15.8. The van der Waals surface area contributed by atoms with E-state index in [0.29, 0.717) is 13.1 Å². The Balaban J connectivity index is 2.25. The Morgan fingerprint density at radius 2 is 1.81 bits per heavy atom. The molecule has 1 saturated heterocycles. The van der Waals surface area contributed by atoms with Crippen molar-refractivity contribution in [2.45, 2.75) is 32.9 Å². The second kappa shape index (κ2) is 5.63. The highest BCUT2D eigenvalue weighted by Gasteiger charge is 2.35. The SMILES string of the molecule is CC1(C)CCN(C(=O)c2cccc(C(F)(F)F)c2Br)CC1. The molecule has 0 N–H and O–H groups in total. The molecule has 2 nitrogen and oxygen atoms in total. The lowest BCUT2D eigenvalue weighted by Crippen LogP contribution is -2.41. The molecule has 1 fully saturated rings. The topological polar surface area (TPSA) is 20.3 Å². The summed E-state index contributed by atoms with van der Waals surface area (Å²) in [6.45, 7) is 5.42. The molecule has 6 heteroatoms. The van der Waals surface area contributed by atoms with Crippen LogP contribution in [0.3, 0.4) is 0 Å². The van der Waals surface area contributed by atoms with Crippen LogP contribution in [-0.2, 0) is 6.18 Å². The number of carbonyl (C=O) groups is 1. The van der Waals surface area contributed by atoms with Crippen LogP contribution in [0.25, 0.3) is 0 Å². The van der Waals surface area contributed by atoms with E-state index in [-0.39, 0.29) is 21.4 Å². The first-order valence-corrected chi connectivity index (χ1v) is 7.56. The second-order valence-corrected chi connectivity index (χ2v) is 6.91. The van der Waals surface area contributed by atoms with Crippen molar-refractivity contribution in [3.63, 3.8) is 0 Å². The Morgan fingerprint density at radius 1 is 1.24 bits per heavy atom. The number of nitrogens with zero attached hydrogens (tertiary/aromatic N) is 1. The average molecular weight is 364 g/mol. The summed E-state index contributed by atoms with van der Waals surface area (Å²) in [5.41, 5.74) is -0.558. The van der Waals surface area contributed by atoms with Crippen molar-refractivity contribution in [2.24, 2.45) is 5.41 Å². The van der Waals surface area contributed by atoms with E-state index < -0.39 is 11.7 Å². The summed E-state index contributed by atoms with van der Waals surface area (Å²) in [6, 6.07) is 3.68. The number of halogens is 4. The van der Waals surface area contributed by atoms with Crippen LogP contribution in [0.4, 0.5) is 13.2 Å². The van der Waals surface area contributed by atoms with Crippen molar-refractivity contribution in [1.82, 2.24) is 4.90 Å². The highest BCUT2D eigenvalue weighted by Crippen LogP contribution is 2.37. The molecule has 1 amide bonds. The molecule has 116 valence electrons. The number of piperidine rings is 1. The molecule has 1 aliphatic heterocycles. The lowest BCUT2D eigenvalue weighted by molar-refractivity contribution is -0.138. The van der Waals surface area contributed by atoms with E-state index in [1.807, 2.05) is 0 Å². The molecule has 0 aliphatic carbocycles. The van der Waals surface area contributed by atoms with E-state index in [0.717, 1.165) is 18.9 Å². The molecule has 1 heterocycles. The van der Waals surface area contributed by atoms with Gasteiger partial charge in [0.05, 0.1) is 11.1 Å². The lowest BCUT2D eigenvalue weighted by atomic mass is 9.82. The molecule has 0 saturated carbocycles. The van der Waals surface area contributed by atoms with Crippen molar-refractivity contribution in [1.29, 1.82) is 0 Å². The third-order valence-corrected chi connectivity index (χ3v) is 4.79. The van der Waals surface area contributed by atoms with Gasteiger partial charge in [-0.1, -0.05) is 19.9 Å². The number of hydrogen-bond acceptors (Lipinski definition) is 1. The molecule has 1 aromatic rings. The first-order valence-electron chi connectivity index (χ1n) is 6.77. The van der Waals surface area contributed by atoms with Crippen molar-refractivity contribution >= 4 is 21.8 Å². The van der Waals surface area contributed by atoms with Gasteiger partial charge in [-0.25, -0.2) is 0 Å². The molecule has 0 unspecified atom stereocenters. The molecule has 0 atom stereocenters. The first-order chi connectivity index (χ1) is 9.62. The largest absolute Gasteiger partial charge is 0.417 e. The molecule has 2 rings (SSSR count). The Hall–Kier alpha value is -1.04. The van der Waals surface area contributed by atoms with Crippen LogP contribution in [0.2, 0.25) is 0 Å². The minimum absolute atomic E-state index is 0.0736. The number of likely N-dealkylation sites (tertiary alicyclic amines) is 1. The maximum absolute atomic E-state index is 12.9. The van der Waals surface area contributed by atoms with Gasteiger partial charge in [0.2, 0.25) is 0 Å². The van der Waals surface area contributed by atoms with Crippen LogP contribution in [0, 0.1) is 5.41 Å². The monoisotopic (exact) mass is 363 g/mol. The maximum Gasteiger partial charge on any atom is 0.417 e. The van der Waals surface area contributed by atoms with Gasteiger partial charge in [0.15, 0.2) is 0 Å². The average Bonchev–Trinajstić information content (AvgIpc) is 2.37. The van der Waals surface area contributed by atoms with Gasteiger partial charge >= 0.3 is 6.18 Å². The van der Waals surface area contributed by atoms with E-state index >= 15 is 0 Å². The molecule has 1 aliphatic rings. The summed E-state index contributed by atoms with van der Waals surface area (Å²) >= 11 is 2.94. The summed E-state index contributed by atoms with van der Waals surface area (Å²) in [7, 11) is 0. The van der Waals surface area contributed by atoms with Gasteiger partial charge in [0.1, 0.15) is 0 Å². The third kappa shape index (κ3) is 3.59. The maximum atomic E-state index is 12.9. The summed E-state index contributed by atoms with van der Waals surface area (Å²) in [5.74, 6) is -0.344. The summed E-state index contributed by atoms with van der Waals surface area (Å²) in [5, 5.41) is 0. The Morgan fingerprint density at radius 3 is 2.33 bits per heavy atom. The number of benzene rings is 1. The van der Waals surface area contributed by atoms with Crippen LogP contribution in [-0.4, -0.2) is 23.9 Å². The van der Waals surface area contributed by atoms with E-state index in [1.165, 1.54) is 12.1 Å². The van der Waals surface area contributed by atoms with Gasteiger partial charge in [-0.05, 0) is 46.3 Å². The highest BCUT2D eigenvalue weighted by atomic mass is 79.9. The predicted molar refractivity (Wildman–Crippen MR) is 78.1 cm³/mol. The van der Waals surface area contributed by atoms with Crippen LogP contribution in [0.1, 0.15) is 42.6 Å². The van der Waals surface area contributed by atoms with Gasteiger partial charge < -0.3 is 4.90 Å². The van der Waals surface area contributed by atoms with Gasteiger partial charge in [0.25, 0.3) is 5.91 Å². The molecule has 1 aromatic carbocycles. The van der Waals surface area contributed by atoms with Crippen LogP contribution < -0.4 is 0 Å². The van der Waals surface area contributed by atoms with Crippen molar-refractivity contribution < 1.29 is 18.0 Å². The second-order valence-electron chi connectivity index (χ2n) is 6.12. The molecular weight excluding hydrogens is 347 g/mol. The van der Waals surface area contributed by atoms with Crippen molar-refractivity contribution in [2.75, 3.05) is 13.1 Å². The molecular formula is C15H17BrF3NO. The quantitative estimate of drug-likeness (QED) is 0.706. The number of rotatable bonds is 1. The highest BCUT2D eigenvalue weighted by molar-refractivity contribution is 9.10. The molecule has 0 spiro atoms. The fourth-order valence-corrected chi connectivity index (χ4v) is 3.06. The van der Waals surface area contributed by atoms with Gasteiger partial charge in [-0.3, -0.25) is 4.79 Å². The smallest absolute Gasteiger partial charge is 0.339 e. The van der Waals surface area contributed by atoms with Crippen LogP contribution in [0.15, 0.2) is 22.7 Å². The van der Waals surface area contributed by atoms with Gasteiger partial charge in [-0.2, -0.15) is 13.2 Å². The lowest BCUT2D eigenvalue weighted by Gasteiger charge is -2.37. The number of carbonyl (C=O) groups excluding carboxylic acids is 1. The zero-order valence-corrected chi connectivity index (χ0v) is 13.5. The molecule has 21 heavy (non-hydrogen) atoms. The fraction of sp³-hybridized carbons (Fsp3) is 0.533. The van der Waals surface area contributed by atoms with Gasteiger partial charge in [-0.15, -0.1) is 0 Å². The van der Waals surface area contributed by atoms with E-state index in [1.54, 1.807) is 4.90 Å². The summed E-state index contributed by atoms with van der Waals surface area (Å²) in [6.07, 6.45) is -2.76. The summed E-state index contributed by atoms with van der Waals surface area (Å²) in [4.78, 5) is 14.1. The van der Waals surface area contributed by atoms with Crippen molar-refractivity contribution in [3.05, 3.63) is 33.8 Å². The van der Waals surface area contributed by atoms with Crippen LogP contribution in [0.5, 0.6) is 0 Å². The number of amides is 1. The minimum Gasteiger partial charge on any atom is -0.339 e. The fourth-order valence-electron chi connectivity index (χ4n) is 2.40. The summed E-state index contributed by atoms with van der Waals surface area (Å²) < 4.78 is 38.5. The Kier molecular flexibility index (Phi) is 4.38. The van der Waals surface area contributed by atoms with Crippen LogP contribution >= 0.6 is 15.9 Å². The predicted octanol–water partition coefficient (Wildman–Crippen LogP) is 4.73. The minimum atomic E-state index is -4.47. The molecule has 0 bridgehead atoms. The Bertz CT molecular complexity index is 544. The zero-order valence-electron chi connectivity index (χ0n) is 11.9. The van der Waals surface area contributed by atoms with Crippen molar-refractivity contribution in [3.8, 4) is 0 Å². The standard InChI is InChI=1S/C15H17BrF3NO/c1-14(2)6-8-20(9-7-14)13(21)10-4-3-5-11(12(10)16)15(17,18)19/h3-5H,6-9H2,1-2H3. The first kappa shape index (κ1) is 16.3. The Labute approximate surface area is 130 Å². The van der Waals surface area contributed by atoms with E-state index in [2.05, 4.69) is 29.8 Å². The van der Waals surface area contributed by atoms with E-state index in [4.69, 9.17) is 0 Å². The molecule has 0 aromatic heterocycles. The normalized spacial score (nSPS) is 18.7. The number of hydrogen-bond donors (Lipinski definition) is 0. The van der Waals surface area contributed by atoms with Gasteiger partial charge in [0, 0.05) is 17.6 Å². The van der Waals surface area contributed by atoms with E-state index in [9.17, 15) is 18.0 Å². The number of alkyl halides is 3. The third-order valence-electron chi connectivity index (χ3n) is 3.94. The molecule has 0 radical (unpaired) electrons.